The zero-order valence-electron chi connectivity index (χ0n) is 29.2. The van der Waals surface area contributed by atoms with Crippen LogP contribution in [0.3, 0.4) is 0 Å². The Hall–Kier alpha value is -4.05. The van der Waals surface area contributed by atoms with Crippen molar-refractivity contribution in [2.45, 2.75) is 93.9 Å². The lowest BCUT2D eigenvalue weighted by atomic mass is 10.1. The number of nitrogens with zero attached hydrogens (tertiary/aromatic N) is 2. The molecule has 1 aromatic heterocycles. The Morgan fingerprint density at radius 3 is 2.67 bits per heavy atom. The number of rotatable bonds is 7. The van der Waals surface area contributed by atoms with Gasteiger partial charge in [-0.2, -0.15) is 11.8 Å². The van der Waals surface area contributed by atoms with Crippen LogP contribution >= 0.6 is 11.8 Å². The number of amides is 4. The number of aromatic nitrogens is 1. The first-order valence-electron chi connectivity index (χ1n) is 17.2. The number of hydrogen-bond donors (Lipinski definition) is 3. The quantitative estimate of drug-likeness (QED) is 0.355. The molecule has 3 heterocycles. The topological polar surface area (TPSA) is 182 Å². The molecule has 6 rings (SSSR count). The number of carbonyl (C=O) groups is 4. The highest BCUT2D eigenvalue weighted by molar-refractivity contribution is 7.99. The molecule has 3 N–H and O–H groups in total. The van der Waals surface area contributed by atoms with Gasteiger partial charge >= 0.3 is 6.09 Å². The maximum Gasteiger partial charge on any atom is 0.408 e. The first kappa shape index (κ1) is 36.7. The molecule has 4 amide bonds. The second-order valence-corrected chi connectivity index (χ2v) is 17.6. The van der Waals surface area contributed by atoms with Gasteiger partial charge in [-0.05, 0) is 88.3 Å². The Morgan fingerprint density at radius 1 is 1.16 bits per heavy atom. The third kappa shape index (κ3) is 8.54. The molecule has 5 atom stereocenters. The lowest BCUT2D eigenvalue weighted by Gasteiger charge is -2.30. The fourth-order valence-corrected chi connectivity index (χ4v) is 8.80. The highest BCUT2D eigenvalue weighted by Crippen LogP contribution is 2.46. The number of sulfonamides is 1. The molecule has 14 nitrogen and oxygen atoms in total. The zero-order chi connectivity index (χ0) is 36.6. The van der Waals surface area contributed by atoms with E-state index in [0.717, 1.165) is 11.8 Å². The molecular weight excluding hydrogens is 699 g/mol. The summed E-state index contributed by atoms with van der Waals surface area (Å²) in [5.41, 5.74) is -2.30. The van der Waals surface area contributed by atoms with Crippen molar-refractivity contribution in [3.63, 3.8) is 0 Å². The summed E-state index contributed by atoms with van der Waals surface area (Å²) in [4.78, 5) is 61.0. The van der Waals surface area contributed by atoms with Gasteiger partial charge in [-0.3, -0.25) is 19.1 Å². The molecule has 3 fully saturated rings. The highest BCUT2D eigenvalue weighted by atomic mass is 32.2. The highest BCUT2D eigenvalue weighted by Gasteiger charge is 2.62. The number of hydrogen-bond acceptors (Lipinski definition) is 11. The van der Waals surface area contributed by atoms with E-state index in [0.29, 0.717) is 42.0 Å². The smallest absolute Gasteiger partial charge is 0.408 e. The van der Waals surface area contributed by atoms with Gasteiger partial charge in [-0.25, -0.2) is 18.2 Å². The lowest BCUT2D eigenvalue weighted by molar-refractivity contribution is -0.140. The van der Waals surface area contributed by atoms with Crippen LogP contribution in [-0.4, -0.2) is 102 Å². The van der Waals surface area contributed by atoms with Crippen LogP contribution in [0.5, 0.6) is 11.6 Å². The maximum absolute atomic E-state index is 14.4. The van der Waals surface area contributed by atoms with E-state index in [1.807, 2.05) is 30.4 Å². The van der Waals surface area contributed by atoms with E-state index < -0.39 is 74.3 Å². The molecule has 0 spiro atoms. The number of thioether (sulfide) groups is 1. The Kier molecular flexibility index (Phi) is 10.5. The molecule has 2 saturated carbocycles. The van der Waals surface area contributed by atoms with Crippen molar-refractivity contribution < 1.29 is 41.8 Å². The average molecular weight is 744 g/mol. The van der Waals surface area contributed by atoms with E-state index in [4.69, 9.17) is 14.2 Å². The number of pyridine rings is 1. The minimum atomic E-state index is -3.88. The number of carbonyl (C=O) groups excluding carboxylic acids is 4. The van der Waals surface area contributed by atoms with Crippen LogP contribution in [0.15, 0.2) is 42.6 Å². The molecule has 0 radical (unpaired) electrons. The Balaban J connectivity index is 1.30. The zero-order valence-corrected chi connectivity index (χ0v) is 30.8. The first-order chi connectivity index (χ1) is 24.2. The van der Waals surface area contributed by atoms with Crippen LogP contribution in [0.2, 0.25) is 0 Å². The number of ether oxygens (including phenoxy) is 3. The fourth-order valence-electron chi connectivity index (χ4n) is 6.44. The number of alkyl carbamates (subject to hydrolysis) is 1. The van der Waals surface area contributed by atoms with Crippen molar-refractivity contribution in [1.29, 1.82) is 0 Å². The number of allylic oxidation sites excluding steroid dienone is 1. The molecule has 51 heavy (non-hydrogen) atoms. The standard InChI is InChI=1S/C35H45N5O9S2/c1-34(2,3)49-33(44)37-27-20-50-15-7-5-6-8-22-18-35(22,32(43)39-51(45,46)25-10-11-25)38-29(41)28-17-24(19-40(28)31(27)42)48-30-26-12-9-23(47-4)16-21(26)13-14-36-30/h6,8-9,12-14,16,22,24-25,27-28H,5,7,10-11,15,17-20H2,1-4H3,(H,37,44)(H,38,41)(H,39,43)/b8-6-/t22?,24-,27+,28+,35-/m1/s1. The monoisotopic (exact) mass is 743 g/mol. The van der Waals surface area contributed by atoms with Gasteiger partial charge < -0.3 is 29.7 Å². The van der Waals surface area contributed by atoms with E-state index in [1.54, 1.807) is 40.1 Å². The van der Waals surface area contributed by atoms with Crippen molar-refractivity contribution in [2.24, 2.45) is 5.92 Å². The van der Waals surface area contributed by atoms with E-state index >= 15 is 0 Å². The molecule has 2 aliphatic carbocycles. The van der Waals surface area contributed by atoms with Crippen molar-refractivity contribution in [1.82, 2.24) is 25.2 Å². The molecule has 1 saturated heterocycles. The molecule has 16 heteroatoms. The third-order valence-corrected chi connectivity index (χ3v) is 12.3. The van der Waals surface area contributed by atoms with Crippen LogP contribution in [0, 0.1) is 5.92 Å². The Morgan fingerprint density at radius 2 is 1.94 bits per heavy atom. The average Bonchev–Trinajstić information content (AvgIpc) is 3.99. The fraction of sp³-hybridized carbons (Fsp3) is 0.571. The van der Waals surface area contributed by atoms with Gasteiger partial charge in [0.05, 0.1) is 18.9 Å². The molecule has 2 aromatic rings. The Labute approximate surface area is 301 Å². The summed E-state index contributed by atoms with van der Waals surface area (Å²) in [5.74, 6) is -0.466. The number of benzene rings is 1. The van der Waals surface area contributed by atoms with Crippen LogP contribution in [0.4, 0.5) is 4.79 Å². The summed E-state index contributed by atoms with van der Waals surface area (Å²) >= 11 is 1.50. The van der Waals surface area contributed by atoms with Gasteiger partial charge in [0.1, 0.15) is 35.1 Å². The van der Waals surface area contributed by atoms with Gasteiger partial charge in [0.2, 0.25) is 27.7 Å². The summed E-state index contributed by atoms with van der Waals surface area (Å²) in [6.45, 7) is 5.15. The van der Waals surface area contributed by atoms with Crippen LogP contribution in [0.1, 0.15) is 59.3 Å². The summed E-state index contributed by atoms with van der Waals surface area (Å²) < 4.78 is 45.0. The largest absolute Gasteiger partial charge is 0.497 e. The first-order valence-corrected chi connectivity index (χ1v) is 19.9. The SMILES string of the molecule is COc1ccc2c(O[C@@H]3C[C@H]4C(=O)N[C@]5(C(=O)NS(=O)(=O)C6CC6)CC5/C=C\CCCSC[C@H](NC(=O)OC(C)(C)C)C(=O)N4C3)nccc2c1. The summed E-state index contributed by atoms with van der Waals surface area (Å²) in [7, 11) is -2.31. The van der Waals surface area contributed by atoms with Crippen molar-refractivity contribution in [3.8, 4) is 11.6 Å². The maximum atomic E-state index is 14.4. The van der Waals surface area contributed by atoms with E-state index in [1.165, 1.54) is 16.7 Å². The molecular formula is C35H45N5O9S2. The molecule has 1 aromatic carbocycles. The predicted molar refractivity (Wildman–Crippen MR) is 191 cm³/mol. The van der Waals surface area contributed by atoms with Gasteiger partial charge in [-0.1, -0.05) is 12.2 Å². The number of methoxy groups -OCH3 is 1. The molecule has 276 valence electrons. The molecule has 4 aliphatic rings. The van der Waals surface area contributed by atoms with Gasteiger partial charge in [0, 0.05) is 29.7 Å². The van der Waals surface area contributed by atoms with Crippen molar-refractivity contribution in [2.75, 3.05) is 25.2 Å². The van der Waals surface area contributed by atoms with Gasteiger partial charge in [0.15, 0.2) is 0 Å². The third-order valence-electron chi connectivity index (χ3n) is 9.33. The minimum absolute atomic E-state index is 0.0130. The normalized spacial score (nSPS) is 27.9. The van der Waals surface area contributed by atoms with Gasteiger partial charge in [-0.15, -0.1) is 0 Å². The van der Waals surface area contributed by atoms with Crippen LogP contribution in [0.25, 0.3) is 10.8 Å². The second-order valence-electron chi connectivity index (χ2n) is 14.5. The predicted octanol–water partition coefficient (Wildman–Crippen LogP) is 3.05. The lowest BCUT2D eigenvalue weighted by Crippen LogP contribution is -2.58. The number of nitrogens with one attached hydrogen (secondary N) is 3. The van der Waals surface area contributed by atoms with Crippen LogP contribution < -0.4 is 24.8 Å². The van der Waals surface area contributed by atoms with E-state index in [9.17, 15) is 27.6 Å². The Bertz CT molecular complexity index is 1830. The summed E-state index contributed by atoms with van der Waals surface area (Å²) in [6, 6.07) is 5.13. The van der Waals surface area contributed by atoms with Crippen molar-refractivity contribution in [3.05, 3.63) is 42.6 Å². The molecule has 1 unspecified atom stereocenters. The molecule has 0 bridgehead atoms. The van der Waals surface area contributed by atoms with Crippen LogP contribution in [-0.2, 0) is 29.1 Å². The van der Waals surface area contributed by atoms with Gasteiger partial charge in [0.25, 0.3) is 5.91 Å². The summed E-state index contributed by atoms with van der Waals surface area (Å²) in [6.07, 6.45) is 6.58. The van der Waals surface area contributed by atoms with E-state index in [-0.39, 0.29) is 25.1 Å². The van der Waals surface area contributed by atoms with Crippen molar-refractivity contribution >= 4 is 56.4 Å². The second kappa shape index (κ2) is 14.5. The summed E-state index contributed by atoms with van der Waals surface area (Å²) in [5, 5.41) is 6.48. The minimum Gasteiger partial charge on any atom is -0.497 e. The molecule has 2 aliphatic heterocycles. The van der Waals surface area contributed by atoms with E-state index in [2.05, 4.69) is 20.3 Å². The number of fused-ring (bicyclic) bond motifs is 3.